The number of hydrogen-bond acceptors (Lipinski definition) is 3. The van der Waals surface area contributed by atoms with E-state index in [4.69, 9.17) is 4.74 Å². The minimum absolute atomic E-state index is 0.0613. The summed E-state index contributed by atoms with van der Waals surface area (Å²) >= 11 is 0. The zero-order valence-electron chi connectivity index (χ0n) is 14.4. The summed E-state index contributed by atoms with van der Waals surface area (Å²) in [6.07, 6.45) is 0.603. The Labute approximate surface area is 142 Å². The number of benzene rings is 2. The molecule has 0 saturated heterocycles. The molecule has 0 aliphatic rings. The van der Waals surface area contributed by atoms with Gasteiger partial charge in [0.15, 0.2) is 0 Å². The lowest BCUT2D eigenvalue weighted by Gasteiger charge is -2.24. The zero-order chi connectivity index (χ0) is 17.9. The van der Waals surface area contributed by atoms with E-state index in [2.05, 4.69) is 6.07 Å². The molecule has 126 valence electrons. The highest BCUT2D eigenvalue weighted by Crippen LogP contribution is 2.39. The van der Waals surface area contributed by atoms with Gasteiger partial charge < -0.3 is 9.84 Å². The number of methoxy groups -OCH3 is 1. The third kappa shape index (κ3) is 4.05. The van der Waals surface area contributed by atoms with Gasteiger partial charge in [-0.15, -0.1) is 0 Å². The van der Waals surface area contributed by atoms with Crippen LogP contribution in [0.5, 0.6) is 11.5 Å². The van der Waals surface area contributed by atoms with Crippen molar-refractivity contribution in [3.05, 3.63) is 47.8 Å². The molecule has 3 nitrogen and oxygen atoms in total. The van der Waals surface area contributed by atoms with Crippen LogP contribution >= 0.6 is 0 Å². The van der Waals surface area contributed by atoms with Crippen molar-refractivity contribution < 1.29 is 14.2 Å². The number of ether oxygens (including phenoxy) is 1. The number of hydrogen-bond donors (Lipinski definition) is 1. The fourth-order valence-corrected chi connectivity index (χ4v) is 2.76. The average Bonchev–Trinajstić information content (AvgIpc) is 2.52. The fraction of sp³-hybridized carbons (Fsp3) is 0.350. The lowest BCUT2D eigenvalue weighted by Crippen LogP contribution is -2.12. The van der Waals surface area contributed by atoms with Gasteiger partial charge in [0, 0.05) is 5.56 Å². The van der Waals surface area contributed by atoms with Gasteiger partial charge in [-0.1, -0.05) is 26.8 Å². The van der Waals surface area contributed by atoms with Gasteiger partial charge in [0.1, 0.15) is 17.3 Å². The van der Waals surface area contributed by atoms with Gasteiger partial charge in [-0.25, -0.2) is 4.39 Å². The highest BCUT2D eigenvalue weighted by molar-refractivity contribution is 5.71. The molecule has 0 radical (unpaired) electrons. The van der Waals surface area contributed by atoms with Crippen LogP contribution in [0.25, 0.3) is 11.1 Å². The summed E-state index contributed by atoms with van der Waals surface area (Å²) in [5.74, 6) is -0.242. The average molecular weight is 327 g/mol. The normalized spacial score (nSPS) is 12.5. The van der Waals surface area contributed by atoms with Crippen LogP contribution in [0.15, 0.2) is 36.4 Å². The van der Waals surface area contributed by atoms with Crippen LogP contribution < -0.4 is 4.74 Å². The van der Waals surface area contributed by atoms with Crippen LogP contribution in [0, 0.1) is 22.6 Å². The molecule has 2 aromatic carbocycles. The number of rotatable bonds is 4. The van der Waals surface area contributed by atoms with Crippen molar-refractivity contribution in [3.8, 4) is 28.7 Å². The topological polar surface area (TPSA) is 53.2 Å². The Kier molecular flexibility index (Phi) is 5.14. The molecule has 0 aliphatic carbocycles. The second-order valence-corrected chi connectivity index (χ2v) is 7.06. The first-order valence-corrected chi connectivity index (χ1v) is 7.81. The highest BCUT2D eigenvalue weighted by atomic mass is 19.1. The molecule has 1 unspecified atom stereocenters. The molecule has 24 heavy (non-hydrogen) atoms. The van der Waals surface area contributed by atoms with Gasteiger partial charge >= 0.3 is 0 Å². The third-order valence-corrected chi connectivity index (χ3v) is 3.85. The van der Waals surface area contributed by atoms with Crippen LogP contribution in [0.4, 0.5) is 4.39 Å². The Hall–Kier alpha value is -2.54. The van der Waals surface area contributed by atoms with Gasteiger partial charge in [0.25, 0.3) is 0 Å². The lowest BCUT2D eigenvalue weighted by atomic mass is 9.80. The molecule has 2 aromatic rings. The van der Waals surface area contributed by atoms with E-state index in [0.717, 1.165) is 0 Å². The lowest BCUT2D eigenvalue weighted by molar-refractivity contribution is 0.363. The zero-order valence-corrected chi connectivity index (χ0v) is 14.4. The number of nitriles is 1. The van der Waals surface area contributed by atoms with E-state index in [1.165, 1.54) is 19.2 Å². The second kappa shape index (κ2) is 6.92. The Balaban J connectivity index is 2.62. The Morgan fingerprint density at radius 2 is 1.88 bits per heavy atom. The molecule has 0 bridgehead atoms. The van der Waals surface area contributed by atoms with Crippen molar-refractivity contribution in [1.29, 1.82) is 5.26 Å². The van der Waals surface area contributed by atoms with Crippen LogP contribution in [-0.4, -0.2) is 12.2 Å². The molecule has 1 N–H and O–H groups in total. The van der Waals surface area contributed by atoms with E-state index in [0.29, 0.717) is 28.9 Å². The Morgan fingerprint density at radius 3 is 2.46 bits per heavy atom. The number of aromatic hydroxyl groups is 1. The number of nitrogens with zero attached hydrogens (tertiary/aromatic N) is 1. The first kappa shape index (κ1) is 17.8. The second-order valence-electron chi connectivity index (χ2n) is 7.06. The van der Waals surface area contributed by atoms with Gasteiger partial charge in [0.05, 0.1) is 19.1 Å². The van der Waals surface area contributed by atoms with E-state index >= 15 is 0 Å². The van der Waals surface area contributed by atoms with Crippen molar-refractivity contribution in [1.82, 2.24) is 0 Å². The van der Waals surface area contributed by atoms with Crippen LogP contribution in [-0.2, 0) is 0 Å². The maximum Gasteiger partial charge on any atom is 0.131 e. The summed E-state index contributed by atoms with van der Waals surface area (Å²) in [6.45, 7) is 6.14. The van der Waals surface area contributed by atoms with Gasteiger partial charge in [0.2, 0.25) is 0 Å². The van der Waals surface area contributed by atoms with E-state index < -0.39 is 11.7 Å². The molecule has 0 saturated carbocycles. The third-order valence-electron chi connectivity index (χ3n) is 3.85. The molecule has 0 amide bonds. The summed E-state index contributed by atoms with van der Waals surface area (Å²) < 4.78 is 19.6. The van der Waals surface area contributed by atoms with Crippen molar-refractivity contribution in [3.63, 3.8) is 0 Å². The molecule has 0 fully saturated rings. The smallest absolute Gasteiger partial charge is 0.131 e. The van der Waals surface area contributed by atoms with Crippen molar-refractivity contribution >= 4 is 0 Å². The molecule has 0 aliphatic heterocycles. The van der Waals surface area contributed by atoms with E-state index in [9.17, 15) is 14.8 Å². The molecule has 0 heterocycles. The Bertz CT molecular complexity index is 772. The van der Waals surface area contributed by atoms with Crippen molar-refractivity contribution in [2.45, 2.75) is 33.1 Å². The van der Waals surface area contributed by atoms with Crippen LogP contribution in [0.3, 0.4) is 0 Å². The minimum atomic E-state index is -0.447. The molecule has 0 aromatic heterocycles. The predicted molar refractivity (Wildman–Crippen MR) is 92.5 cm³/mol. The predicted octanol–water partition coefficient (Wildman–Crippen LogP) is 5.25. The summed E-state index contributed by atoms with van der Waals surface area (Å²) in [4.78, 5) is 0. The van der Waals surface area contributed by atoms with Crippen LogP contribution in [0.1, 0.15) is 38.7 Å². The summed E-state index contributed by atoms with van der Waals surface area (Å²) in [7, 11) is 1.52. The minimum Gasteiger partial charge on any atom is -0.508 e. The molecule has 4 heteroatoms. The number of halogens is 1. The first-order chi connectivity index (χ1) is 11.2. The monoisotopic (exact) mass is 327 g/mol. The highest BCUT2D eigenvalue weighted by Gasteiger charge is 2.24. The van der Waals surface area contributed by atoms with E-state index in [1.54, 1.807) is 24.3 Å². The van der Waals surface area contributed by atoms with Gasteiger partial charge in [-0.3, -0.25) is 0 Å². The van der Waals surface area contributed by atoms with Gasteiger partial charge in [-0.2, -0.15) is 5.26 Å². The molecular weight excluding hydrogens is 305 g/mol. The number of phenols is 1. The molecule has 0 spiro atoms. The fourth-order valence-electron chi connectivity index (χ4n) is 2.76. The van der Waals surface area contributed by atoms with Crippen molar-refractivity contribution in [2.75, 3.05) is 7.11 Å². The molecule has 2 rings (SSSR count). The maximum atomic E-state index is 14.4. The maximum absolute atomic E-state index is 14.4. The quantitative estimate of drug-likeness (QED) is 0.834. The number of phenolic OH excluding ortho intramolecular Hbond substituents is 1. The molecular formula is C20H22FNO2. The standard InChI is InChI=1S/C20H22FNO2/c1-20(2,3)11-13(12-22)17-9-14(23)5-7-16(17)18-10-15(24-4)6-8-19(18)21/h5-10,13,23H,11H2,1-4H3. The summed E-state index contributed by atoms with van der Waals surface area (Å²) in [5.41, 5.74) is 1.51. The Morgan fingerprint density at radius 1 is 1.17 bits per heavy atom. The molecule has 1 atom stereocenters. The first-order valence-electron chi connectivity index (χ1n) is 7.81. The SMILES string of the molecule is COc1ccc(F)c(-c2ccc(O)cc2C(C#N)CC(C)(C)C)c1. The van der Waals surface area contributed by atoms with Gasteiger partial charge in [-0.05, 0) is 53.3 Å². The van der Waals surface area contributed by atoms with E-state index in [1.807, 2.05) is 20.8 Å². The summed E-state index contributed by atoms with van der Waals surface area (Å²) in [6, 6.07) is 11.5. The van der Waals surface area contributed by atoms with Crippen LogP contribution in [0.2, 0.25) is 0 Å². The summed E-state index contributed by atoms with van der Waals surface area (Å²) in [5, 5.41) is 19.5. The van der Waals surface area contributed by atoms with E-state index in [-0.39, 0.29) is 11.2 Å². The largest absolute Gasteiger partial charge is 0.508 e. The van der Waals surface area contributed by atoms with Crippen molar-refractivity contribution in [2.24, 2.45) is 5.41 Å².